The second-order valence-electron chi connectivity index (χ2n) is 2.52. The van der Waals surface area contributed by atoms with Gasteiger partial charge in [-0.15, -0.1) is 0 Å². The van der Waals surface area contributed by atoms with Crippen LogP contribution in [0.4, 0.5) is 4.39 Å². The molecule has 0 atom stereocenters. The van der Waals surface area contributed by atoms with Crippen LogP contribution in [0, 0.1) is 5.82 Å². The van der Waals surface area contributed by atoms with Gasteiger partial charge < -0.3 is 0 Å². The van der Waals surface area contributed by atoms with E-state index in [1.165, 1.54) is 30.5 Å². The molecule has 0 spiro atoms. The molecular weight excluding hydrogens is 193 g/mol. The van der Waals surface area contributed by atoms with Gasteiger partial charge in [-0.1, -0.05) is 12.1 Å². The van der Waals surface area contributed by atoms with E-state index >= 15 is 0 Å². The third kappa shape index (κ3) is 3.80. The molecule has 1 aromatic carbocycles. The van der Waals surface area contributed by atoms with Gasteiger partial charge in [-0.3, -0.25) is 0 Å². The van der Waals surface area contributed by atoms with Gasteiger partial charge in [-0.25, -0.2) is 12.8 Å². The first kappa shape index (κ1) is 9.85. The fourth-order valence-corrected chi connectivity index (χ4v) is 1.02. The number of nitrogens with zero attached hydrogens (tertiary/aromatic N) is 1. The standard InChI is InChI=1S/C8H8FNO2S/c1-13(11,12)10-6-7-2-4-8(9)5-3-7/h2-6H,1H3/b10-6+. The second kappa shape index (κ2) is 3.66. The fourth-order valence-electron chi connectivity index (χ4n) is 0.705. The average Bonchev–Trinajstić information content (AvgIpc) is 2.02. The Morgan fingerprint density at radius 3 is 2.31 bits per heavy atom. The van der Waals surface area contributed by atoms with Gasteiger partial charge >= 0.3 is 0 Å². The Morgan fingerprint density at radius 1 is 1.31 bits per heavy atom. The lowest BCUT2D eigenvalue weighted by atomic mass is 10.2. The van der Waals surface area contributed by atoms with Gasteiger partial charge in [0.05, 0.1) is 6.26 Å². The molecule has 13 heavy (non-hydrogen) atoms. The van der Waals surface area contributed by atoms with Crippen molar-refractivity contribution >= 4 is 16.2 Å². The summed E-state index contributed by atoms with van der Waals surface area (Å²) in [5.74, 6) is -0.364. The Balaban J connectivity index is 2.88. The molecule has 1 aromatic rings. The van der Waals surface area contributed by atoms with Crippen molar-refractivity contribution in [2.45, 2.75) is 0 Å². The summed E-state index contributed by atoms with van der Waals surface area (Å²) in [7, 11) is -3.36. The van der Waals surface area contributed by atoms with E-state index in [9.17, 15) is 12.8 Å². The van der Waals surface area contributed by atoms with Gasteiger partial charge in [0.1, 0.15) is 5.82 Å². The summed E-state index contributed by atoms with van der Waals surface area (Å²) in [6.45, 7) is 0. The van der Waals surface area contributed by atoms with Crippen molar-refractivity contribution in [2.75, 3.05) is 6.26 Å². The fraction of sp³-hybridized carbons (Fsp3) is 0.125. The smallest absolute Gasteiger partial charge is 0.207 e. The van der Waals surface area contributed by atoms with Gasteiger partial charge in [-0.05, 0) is 17.7 Å². The van der Waals surface area contributed by atoms with Crippen LogP contribution in [0.25, 0.3) is 0 Å². The molecule has 0 aliphatic rings. The van der Waals surface area contributed by atoms with Crippen molar-refractivity contribution in [3.63, 3.8) is 0 Å². The first-order valence-corrected chi connectivity index (χ1v) is 5.33. The molecule has 70 valence electrons. The highest BCUT2D eigenvalue weighted by Gasteiger charge is 1.94. The number of rotatable bonds is 2. The summed E-state index contributed by atoms with van der Waals surface area (Å²) >= 11 is 0. The predicted octanol–water partition coefficient (Wildman–Crippen LogP) is 1.20. The average molecular weight is 201 g/mol. The maximum atomic E-state index is 12.4. The lowest BCUT2D eigenvalue weighted by Gasteiger charge is -1.91. The maximum Gasteiger partial charge on any atom is 0.250 e. The van der Waals surface area contributed by atoms with Crippen molar-refractivity contribution in [1.82, 2.24) is 0 Å². The van der Waals surface area contributed by atoms with Gasteiger partial charge in [0.2, 0.25) is 10.0 Å². The monoisotopic (exact) mass is 201 g/mol. The molecule has 1 rings (SSSR count). The molecule has 0 N–H and O–H groups in total. The minimum Gasteiger partial charge on any atom is -0.207 e. The van der Waals surface area contributed by atoms with Crippen LogP contribution in [0.1, 0.15) is 5.56 Å². The molecule has 0 aromatic heterocycles. The molecule has 0 fully saturated rings. The Bertz CT molecular complexity index is 408. The Labute approximate surface area is 76.0 Å². The number of hydrogen-bond acceptors (Lipinski definition) is 2. The molecule has 0 saturated heterocycles. The first-order valence-electron chi connectivity index (χ1n) is 3.48. The topological polar surface area (TPSA) is 46.5 Å². The Kier molecular flexibility index (Phi) is 2.77. The summed E-state index contributed by atoms with van der Waals surface area (Å²) in [4.78, 5) is 0. The third-order valence-electron chi connectivity index (χ3n) is 1.26. The molecule has 0 heterocycles. The second-order valence-corrected chi connectivity index (χ2v) is 4.20. The molecule has 5 heteroatoms. The summed E-state index contributed by atoms with van der Waals surface area (Å²) < 4.78 is 36.9. The summed E-state index contributed by atoms with van der Waals surface area (Å²) in [5, 5.41) is 0. The van der Waals surface area contributed by atoms with Crippen LogP contribution in [0.2, 0.25) is 0 Å². The Morgan fingerprint density at radius 2 is 1.85 bits per heavy atom. The normalized spacial score (nSPS) is 12.2. The van der Waals surface area contributed by atoms with Crippen LogP contribution in [-0.4, -0.2) is 20.9 Å². The Hall–Kier alpha value is -1.23. The van der Waals surface area contributed by atoms with Crippen LogP contribution in [-0.2, 0) is 10.0 Å². The van der Waals surface area contributed by atoms with Gasteiger partial charge in [0, 0.05) is 6.21 Å². The molecule has 0 bridgehead atoms. The molecule has 0 radical (unpaired) electrons. The summed E-state index contributed by atoms with van der Waals surface area (Å²) in [5.41, 5.74) is 0.548. The third-order valence-corrected chi connectivity index (χ3v) is 1.75. The molecular formula is C8H8FNO2S. The van der Waals surface area contributed by atoms with Crippen LogP contribution in [0.3, 0.4) is 0 Å². The number of halogens is 1. The molecule has 0 aliphatic heterocycles. The summed E-state index contributed by atoms with van der Waals surface area (Å²) in [6, 6.07) is 5.38. The summed E-state index contributed by atoms with van der Waals surface area (Å²) in [6.07, 6.45) is 2.17. The van der Waals surface area contributed by atoms with E-state index in [1.54, 1.807) is 0 Å². The molecule has 0 amide bonds. The van der Waals surface area contributed by atoms with Crippen LogP contribution in [0.5, 0.6) is 0 Å². The number of sulfonamides is 1. The van der Waals surface area contributed by atoms with E-state index in [2.05, 4.69) is 4.40 Å². The quantitative estimate of drug-likeness (QED) is 0.675. The van der Waals surface area contributed by atoms with E-state index in [1.807, 2.05) is 0 Å². The van der Waals surface area contributed by atoms with E-state index < -0.39 is 10.0 Å². The molecule has 0 aliphatic carbocycles. The van der Waals surface area contributed by atoms with Crippen molar-refractivity contribution in [3.8, 4) is 0 Å². The zero-order valence-corrected chi connectivity index (χ0v) is 7.75. The minimum atomic E-state index is -3.36. The molecule has 0 unspecified atom stereocenters. The van der Waals surface area contributed by atoms with Gasteiger partial charge in [-0.2, -0.15) is 4.40 Å². The highest BCUT2D eigenvalue weighted by Crippen LogP contribution is 2.00. The number of benzene rings is 1. The van der Waals surface area contributed by atoms with Crippen LogP contribution >= 0.6 is 0 Å². The molecule has 0 saturated carbocycles. The highest BCUT2D eigenvalue weighted by atomic mass is 32.2. The minimum absolute atomic E-state index is 0.364. The van der Waals surface area contributed by atoms with Gasteiger partial charge in [0.25, 0.3) is 0 Å². The number of hydrogen-bond donors (Lipinski definition) is 0. The van der Waals surface area contributed by atoms with E-state index in [-0.39, 0.29) is 5.82 Å². The van der Waals surface area contributed by atoms with E-state index in [0.717, 1.165) is 6.26 Å². The van der Waals surface area contributed by atoms with Crippen molar-refractivity contribution in [2.24, 2.45) is 4.40 Å². The first-order chi connectivity index (χ1) is 5.97. The lowest BCUT2D eigenvalue weighted by molar-refractivity contribution is 0.604. The lowest BCUT2D eigenvalue weighted by Crippen LogP contribution is -1.91. The van der Waals surface area contributed by atoms with Crippen molar-refractivity contribution in [3.05, 3.63) is 35.6 Å². The SMILES string of the molecule is CS(=O)(=O)/N=C/c1ccc(F)cc1. The largest absolute Gasteiger partial charge is 0.250 e. The zero-order chi connectivity index (χ0) is 9.90. The van der Waals surface area contributed by atoms with Crippen LogP contribution in [0.15, 0.2) is 28.7 Å². The highest BCUT2D eigenvalue weighted by molar-refractivity contribution is 7.89. The molecule has 3 nitrogen and oxygen atoms in total. The van der Waals surface area contributed by atoms with Gasteiger partial charge in [0.15, 0.2) is 0 Å². The zero-order valence-electron chi connectivity index (χ0n) is 6.94. The maximum absolute atomic E-state index is 12.4. The predicted molar refractivity (Wildman–Crippen MR) is 48.8 cm³/mol. The van der Waals surface area contributed by atoms with Crippen molar-refractivity contribution < 1.29 is 12.8 Å². The van der Waals surface area contributed by atoms with Crippen molar-refractivity contribution in [1.29, 1.82) is 0 Å². The van der Waals surface area contributed by atoms with E-state index in [4.69, 9.17) is 0 Å². The van der Waals surface area contributed by atoms with E-state index in [0.29, 0.717) is 5.56 Å². The van der Waals surface area contributed by atoms with Crippen LogP contribution < -0.4 is 0 Å².